The highest BCUT2D eigenvalue weighted by Crippen LogP contribution is 2.25. The van der Waals surface area contributed by atoms with Gasteiger partial charge < -0.3 is 18.9 Å². The fraction of sp³-hybridized carbons (Fsp3) is 0.188. The van der Waals surface area contributed by atoms with Gasteiger partial charge in [-0.25, -0.2) is 4.79 Å². The zero-order chi connectivity index (χ0) is 17.5. The zero-order valence-corrected chi connectivity index (χ0v) is 13.1. The van der Waals surface area contributed by atoms with Crippen molar-refractivity contribution in [2.24, 2.45) is 0 Å². The van der Waals surface area contributed by atoms with Gasteiger partial charge in [-0.1, -0.05) is 0 Å². The van der Waals surface area contributed by atoms with E-state index in [0.717, 1.165) is 0 Å². The molecule has 0 bridgehead atoms. The second-order valence-corrected chi connectivity index (χ2v) is 4.57. The Kier molecular flexibility index (Phi) is 5.56. The van der Waals surface area contributed by atoms with Gasteiger partial charge in [0.1, 0.15) is 23.9 Å². The maximum Gasteiger partial charge on any atom is 0.514 e. The van der Waals surface area contributed by atoms with Gasteiger partial charge in [0.2, 0.25) is 0 Å². The van der Waals surface area contributed by atoms with Crippen molar-refractivity contribution in [1.82, 2.24) is 0 Å². The molecule has 8 nitrogen and oxygen atoms in total. The molecule has 0 saturated carbocycles. The Morgan fingerprint density at radius 3 is 2.29 bits per heavy atom. The van der Waals surface area contributed by atoms with Crippen LogP contribution in [0.2, 0.25) is 0 Å². The molecule has 0 N–H and O–H groups in total. The van der Waals surface area contributed by atoms with Crippen molar-refractivity contribution in [3.05, 3.63) is 58.1 Å². The van der Waals surface area contributed by atoms with E-state index in [4.69, 9.17) is 18.9 Å². The fourth-order valence-corrected chi connectivity index (χ4v) is 1.89. The number of carbonyl (C=O) groups excluding carboxylic acids is 1. The highest BCUT2D eigenvalue weighted by atomic mass is 16.7. The predicted molar refractivity (Wildman–Crippen MR) is 83.5 cm³/mol. The second-order valence-electron chi connectivity index (χ2n) is 4.57. The third-order valence-electron chi connectivity index (χ3n) is 3.08. The van der Waals surface area contributed by atoms with Crippen LogP contribution in [0.1, 0.15) is 5.56 Å². The number of methoxy groups -OCH3 is 2. The molecule has 126 valence electrons. The fourth-order valence-electron chi connectivity index (χ4n) is 1.89. The number of rotatable bonds is 6. The summed E-state index contributed by atoms with van der Waals surface area (Å²) in [6.45, 7) is -0.0772. The smallest absolute Gasteiger partial charge is 0.497 e. The first kappa shape index (κ1) is 17.1. The second kappa shape index (κ2) is 7.82. The van der Waals surface area contributed by atoms with Crippen molar-refractivity contribution < 1.29 is 28.7 Å². The Morgan fingerprint density at radius 2 is 1.71 bits per heavy atom. The van der Waals surface area contributed by atoms with Crippen molar-refractivity contribution in [2.75, 3.05) is 14.2 Å². The molecule has 8 heteroatoms. The maximum atomic E-state index is 11.7. The lowest BCUT2D eigenvalue weighted by molar-refractivity contribution is -0.384. The quantitative estimate of drug-likeness (QED) is 0.346. The number of ether oxygens (including phenoxy) is 4. The summed E-state index contributed by atoms with van der Waals surface area (Å²) in [6, 6.07) is 10.2. The number of hydrogen-bond acceptors (Lipinski definition) is 7. The monoisotopic (exact) mass is 333 g/mol. The molecule has 0 aliphatic carbocycles. The average molecular weight is 333 g/mol. The van der Waals surface area contributed by atoms with Crippen LogP contribution in [0, 0.1) is 10.1 Å². The number of nitro groups is 1. The van der Waals surface area contributed by atoms with E-state index in [2.05, 4.69) is 0 Å². The van der Waals surface area contributed by atoms with Gasteiger partial charge in [-0.2, -0.15) is 0 Å². The predicted octanol–water partition coefficient (Wildman–Crippen LogP) is 3.33. The summed E-state index contributed by atoms with van der Waals surface area (Å²) in [5.41, 5.74) is 0.509. The molecule has 0 fully saturated rings. The van der Waals surface area contributed by atoms with Crippen LogP contribution in [0.3, 0.4) is 0 Å². The molecule has 0 aliphatic rings. The highest BCUT2D eigenvalue weighted by Gasteiger charge is 2.12. The Morgan fingerprint density at radius 1 is 1.04 bits per heavy atom. The molecular formula is C16H15NO7. The van der Waals surface area contributed by atoms with E-state index in [1.165, 1.54) is 38.5 Å². The maximum absolute atomic E-state index is 11.7. The number of hydrogen-bond donors (Lipinski definition) is 0. The summed E-state index contributed by atoms with van der Waals surface area (Å²) in [4.78, 5) is 21.7. The van der Waals surface area contributed by atoms with Gasteiger partial charge in [-0.05, 0) is 30.3 Å². The zero-order valence-electron chi connectivity index (χ0n) is 13.1. The number of non-ortho nitro benzene ring substituents is 1. The Bertz CT molecular complexity index is 728. The van der Waals surface area contributed by atoms with E-state index in [9.17, 15) is 14.9 Å². The molecule has 0 unspecified atom stereocenters. The van der Waals surface area contributed by atoms with E-state index in [1.54, 1.807) is 18.2 Å². The number of nitro benzene ring substituents is 1. The molecule has 0 aliphatic heterocycles. The number of carbonyl (C=O) groups is 1. The highest BCUT2D eigenvalue weighted by molar-refractivity contribution is 5.64. The van der Waals surface area contributed by atoms with Crippen molar-refractivity contribution in [2.45, 2.75) is 6.61 Å². The number of nitrogens with zero attached hydrogens (tertiary/aromatic N) is 1. The summed E-state index contributed by atoms with van der Waals surface area (Å²) < 4.78 is 20.3. The van der Waals surface area contributed by atoms with Crippen LogP contribution < -0.4 is 14.2 Å². The molecule has 0 spiro atoms. The van der Waals surface area contributed by atoms with Gasteiger partial charge in [-0.15, -0.1) is 0 Å². The van der Waals surface area contributed by atoms with Gasteiger partial charge in [0.25, 0.3) is 5.69 Å². The molecule has 0 radical (unpaired) electrons. The lowest BCUT2D eigenvalue weighted by Crippen LogP contribution is -2.11. The van der Waals surface area contributed by atoms with E-state index in [1.807, 2.05) is 0 Å². The first-order valence-corrected chi connectivity index (χ1v) is 6.83. The topological polar surface area (TPSA) is 97.1 Å². The largest absolute Gasteiger partial charge is 0.514 e. The minimum absolute atomic E-state index is 0.0772. The lowest BCUT2D eigenvalue weighted by Gasteiger charge is -2.11. The minimum Gasteiger partial charge on any atom is -0.497 e. The van der Waals surface area contributed by atoms with Gasteiger partial charge in [0, 0.05) is 17.7 Å². The third kappa shape index (κ3) is 4.35. The molecule has 2 rings (SSSR count). The van der Waals surface area contributed by atoms with Crippen molar-refractivity contribution in [1.29, 1.82) is 0 Å². The van der Waals surface area contributed by atoms with Crippen molar-refractivity contribution >= 4 is 11.8 Å². The minimum atomic E-state index is -0.936. The van der Waals surface area contributed by atoms with E-state index >= 15 is 0 Å². The summed E-state index contributed by atoms with van der Waals surface area (Å²) >= 11 is 0. The van der Waals surface area contributed by atoms with Gasteiger partial charge in [-0.3, -0.25) is 10.1 Å². The van der Waals surface area contributed by atoms with E-state index < -0.39 is 11.1 Å². The van der Waals surface area contributed by atoms with Gasteiger partial charge in [0.15, 0.2) is 0 Å². The van der Waals surface area contributed by atoms with Crippen LogP contribution in [-0.2, 0) is 11.3 Å². The molecular weight excluding hydrogens is 318 g/mol. The summed E-state index contributed by atoms with van der Waals surface area (Å²) in [5.74, 6) is 1.28. The van der Waals surface area contributed by atoms with Crippen LogP contribution in [0.25, 0.3) is 0 Å². The summed E-state index contributed by atoms with van der Waals surface area (Å²) in [7, 11) is 3.02. The molecule has 0 atom stereocenters. The normalized spacial score (nSPS) is 9.92. The first-order valence-electron chi connectivity index (χ1n) is 6.83. The van der Waals surface area contributed by atoms with E-state index in [-0.39, 0.29) is 18.0 Å². The van der Waals surface area contributed by atoms with Crippen molar-refractivity contribution in [3.8, 4) is 17.2 Å². The van der Waals surface area contributed by atoms with Gasteiger partial charge in [0.05, 0.1) is 19.1 Å². The summed E-state index contributed by atoms with van der Waals surface area (Å²) in [6.07, 6.45) is -0.936. The van der Waals surface area contributed by atoms with Crippen molar-refractivity contribution in [3.63, 3.8) is 0 Å². The van der Waals surface area contributed by atoms with Crippen LogP contribution >= 0.6 is 0 Å². The third-order valence-corrected chi connectivity index (χ3v) is 3.08. The molecule has 0 saturated heterocycles. The number of benzene rings is 2. The molecule has 24 heavy (non-hydrogen) atoms. The lowest BCUT2D eigenvalue weighted by atomic mass is 10.2. The Balaban J connectivity index is 1.96. The first-order chi connectivity index (χ1) is 11.5. The van der Waals surface area contributed by atoms with Gasteiger partial charge >= 0.3 is 6.16 Å². The van der Waals surface area contributed by atoms with Crippen LogP contribution in [-0.4, -0.2) is 25.3 Å². The van der Waals surface area contributed by atoms with Crippen LogP contribution in [0.5, 0.6) is 17.2 Å². The molecule has 0 aromatic heterocycles. The molecule has 2 aromatic rings. The molecule has 2 aromatic carbocycles. The SMILES string of the molecule is COc1ccc(OC)c(COC(=O)Oc2ccc([N+](=O)[O-])cc2)c1. The Hall–Kier alpha value is -3.29. The molecule has 0 heterocycles. The Labute approximate surface area is 137 Å². The molecule has 0 amide bonds. The summed E-state index contributed by atoms with van der Waals surface area (Å²) in [5, 5.41) is 10.6. The van der Waals surface area contributed by atoms with E-state index in [0.29, 0.717) is 17.1 Å². The van der Waals surface area contributed by atoms with Crippen LogP contribution in [0.15, 0.2) is 42.5 Å². The standard InChI is InChI=1S/C16H15NO7/c1-21-14-7-8-15(22-2)11(9-14)10-23-16(18)24-13-5-3-12(4-6-13)17(19)20/h3-9H,10H2,1-2H3. The van der Waals surface area contributed by atoms with Crippen LogP contribution in [0.4, 0.5) is 10.5 Å². The average Bonchev–Trinajstić information content (AvgIpc) is 2.60.